The van der Waals surface area contributed by atoms with Crippen molar-refractivity contribution in [2.75, 3.05) is 0 Å². The molecule has 3 unspecified atom stereocenters. The highest BCUT2D eigenvalue weighted by molar-refractivity contribution is 5.95. The maximum absolute atomic E-state index is 14.4. The van der Waals surface area contributed by atoms with Gasteiger partial charge >= 0.3 is 0 Å². The molecule has 3 N–H and O–H groups in total. The Balaban J connectivity index is 1.57. The normalized spacial score (nSPS) is 49.4. The molecule has 0 aromatic carbocycles. The summed E-state index contributed by atoms with van der Waals surface area (Å²) in [5.41, 5.74) is 2.20. The van der Waals surface area contributed by atoms with Crippen molar-refractivity contribution in [3.63, 3.8) is 0 Å². The summed E-state index contributed by atoms with van der Waals surface area (Å²) in [5.74, 6) is 0.493. The zero-order valence-electron chi connectivity index (χ0n) is 24.9. The van der Waals surface area contributed by atoms with Gasteiger partial charge in [-0.1, -0.05) is 54.0 Å². The zero-order valence-corrected chi connectivity index (χ0v) is 24.9. The molecule has 0 aromatic heterocycles. The van der Waals surface area contributed by atoms with E-state index in [1.807, 2.05) is 18.5 Å². The Kier molecular flexibility index (Phi) is 6.16. The van der Waals surface area contributed by atoms with E-state index in [1.54, 1.807) is 6.92 Å². The first-order valence-electron chi connectivity index (χ1n) is 15.0. The molecule has 9 atom stereocenters. The summed E-state index contributed by atoms with van der Waals surface area (Å²) in [4.78, 5) is 39.2. The fraction of sp³-hybridized carbons (Fsp3) is 0.844. The summed E-state index contributed by atoms with van der Waals surface area (Å²) >= 11 is 0. The van der Waals surface area contributed by atoms with Crippen molar-refractivity contribution in [3.8, 4) is 0 Å². The SMILES string of the molecule is CC(=O)N[C@H]1CC[C@@]2(C)C(CC[C@]3(C)C2C(=O)C=C2C4C[C@@](C)(C(=O)NO)CC[C@]4(C)CC[C@]23C)C1(C)C. The van der Waals surface area contributed by atoms with E-state index in [1.165, 1.54) is 5.57 Å². The molecule has 5 aliphatic rings. The third-order valence-corrected chi connectivity index (χ3v) is 13.6. The first kappa shape index (κ1) is 27.9. The fourth-order valence-corrected chi connectivity index (χ4v) is 11.0. The number of hydrogen-bond acceptors (Lipinski definition) is 4. The molecule has 0 aliphatic heterocycles. The van der Waals surface area contributed by atoms with Crippen LogP contribution in [0.25, 0.3) is 0 Å². The van der Waals surface area contributed by atoms with Gasteiger partial charge in [-0.25, -0.2) is 5.48 Å². The van der Waals surface area contributed by atoms with Crippen LogP contribution in [0.1, 0.15) is 113 Å². The molecule has 0 bridgehead atoms. The predicted molar refractivity (Wildman–Crippen MR) is 147 cm³/mol. The molecule has 38 heavy (non-hydrogen) atoms. The number of amides is 2. The van der Waals surface area contributed by atoms with Crippen molar-refractivity contribution in [1.82, 2.24) is 10.8 Å². The van der Waals surface area contributed by atoms with Crippen LogP contribution < -0.4 is 10.8 Å². The molecular weight excluding hydrogens is 476 g/mol. The number of rotatable bonds is 2. The second kappa shape index (κ2) is 8.41. The van der Waals surface area contributed by atoms with Crippen molar-refractivity contribution in [2.45, 2.75) is 119 Å². The third kappa shape index (κ3) is 3.50. The van der Waals surface area contributed by atoms with Crippen molar-refractivity contribution < 1.29 is 19.6 Å². The van der Waals surface area contributed by atoms with Gasteiger partial charge in [-0.15, -0.1) is 0 Å². The lowest BCUT2D eigenvalue weighted by molar-refractivity contribution is -0.189. The molecule has 0 heterocycles. The number of allylic oxidation sites excluding steroid dienone is 2. The Morgan fingerprint density at radius 2 is 1.58 bits per heavy atom. The summed E-state index contributed by atoms with van der Waals surface area (Å²) in [5, 5.41) is 12.7. The minimum atomic E-state index is -0.630. The minimum Gasteiger partial charge on any atom is -0.353 e. The van der Waals surface area contributed by atoms with Crippen molar-refractivity contribution in [1.29, 1.82) is 0 Å². The summed E-state index contributed by atoms with van der Waals surface area (Å²) < 4.78 is 0. The van der Waals surface area contributed by atoms with Crippen LogP contribution >= 0.6 is 0 Å². The number of nitrogens with one attached hydrogen (secondary N) is 2. The predicted octanol–water partition coefficient (Wildman–Crippen LogP) is 5.98. The Labute approximate surface area is 229 Å². The van der Waals surface area contributed by atoms with Gasteiger partial charge in [0.2, 0.25) is 11.8 Å². The van der Waals surface area contributed by atoms with Gasteiger partial charge in [-0.05, 0) is 103 Å². The van der Waals surface area contributed by atoms with E-state index in [4.69, 9.17) is 0 Å². The number of carbonyl (C=O) groups excluding carboxylic acids is 3. The average molecular weight is 527 g/mol. The molecule has 4 fully saturated rings. The van der Waals surface area contributed by atoms with Gasteiger partial charge < -0.3 is 5.32 Å². The minimum absolute atomic E-state index is 0.0285. The molecule has 4 saturated carbocycles. The highest BCUT2D eigenvalue weighted by atomic mass is 16.5. The van der Waals surface area contributed by atoms with Gasteiger partial charge in [0.25, 0.3) is 0 Å². The smallest absolute Gasteiger partial charge is 0.249 e. The Hall–Kier alpha value is -1.69. The largest absolute Gasteiger partial charge is 0.353 e. The van der Waals surface area contributed by atoms with Gasteiger partial charge in [0, 0.05) is 24.3 Å². The Bertz CT molecular complexity index is 1100. The monoisotopic (exact) mass is 526 g/mol. The second-order valence-corrected chi connectivity index (χ2v) is 15.8. The maximum Gasteiger partial charge on any atom is 0.249 e. The van der Waals surface area contributed by atoms with Crippen molar-refractivity contribution in [3.05, 3.63) is 11.6 Å². The summed E-state index contributed by atoms with van der Waals surface area (Å²) in [6.45, 7) is 17.7. The first-order chi connectivity index (χ1) is 17.5. The summed E-state index contributed by atoms with van der Waals surface area (Å²) in [7, 11) is 0. The van der Waals surface area contributed by atoms with Crippen LogP contribution in [-0.4, -0.2) is 28.8 Å². The highest BCUT2D eigenvalue weighted by Crippen LogP contribution is 2.75. The molecule has 0 spiro atoms. The molecule has 0 saturated heterocycles. The molecule has 5 aliphatic carbocycles. The van der Waals surface area contributed by atoms with E-state index in [9.17, 15) is 19.6 Å². The number of ketones is 1. The molecule has 6 nitrogen and oxygen atoms in total. The van der Waals surface area contributed by atoms with Crippen LogP contribution in [0.5, 0.6) is 0 Å². The van der Waals surface area contributed by atoms with Gasteiger partial charge in [0.15, 0.2) is 5.78 Å². The van der Waals surface area contributed by atoms with Crippen LogP contribution in [0.2, 0.25) is 0 Å². The quantitative estimate of drug-likeness (QED) is 0.305. The highest BCUT2D eigenvalue weighted by Gasteiger charge is 2.70. The van der Waals surface area contributed by atoms with Crippen LogP contribution in [0.4, 0.5) is 0 Å². The molecule has 0 radical (unpaired) electrons. The van der Waals surface area contributed by atoms with Crippen LogP contribution in [-0.2, 0) is 14.4 Å². The van der Waals surface area contributed by atoms with Crippen LogP contribution in [0.3, 0.4) is 0 Å². The first-order valence-corrected chi connectivity index (χ1v) is 15.0. The van der Waals surface area contributed by atoms with E-state index < -0.39 is 5.41 Å². The van der Waals surface area contributed by atoms with Crippen LogP contribution in [0, 0.1) is 50.2 Å². The number of carbonyl (C=O) groups is 3. The van der Waals surface area contributed by atoms with E-state index in [2.05, 4.69) is 46.9 Å². The van der Waals surface area contributed by atoms with E-state index in [-0.39, 0.29) is 62.6 Å². The molecule has 6 heteroatoms. The third-order valence-electron chi connectivity index (χ3n) is 13.6. The number of hydrogen-bond donors (Lipinski definition) is 3. The lowest BCUT2D eigenvalue weighted by atomic mass is 9.33. The summed E-state index contributed by atoms with van der Waals surface area (Å²) in [6.07, 6.45) is 10.5. The van der Waals surface area contributed by atoms with Gasteiger partial charge in [-0.3, -0.25) is 19.6 Å². The Morgan fingerprint density at radius 3 is 2.21 bits per heavy atom. The zero-order chi connectivity index (χ0) is 28.1. The maximum atomic E-state index is 14.4. The topological polar surface area (TPSA) is 95.5 Å². The molecule has 2 amide bonds. The lowest BCUT2D eigenvalue weighted by Crippen LogP contribution is -2.67. The summed E-state index contributed by atoms with van der Waals surface area (Å²) in [6, 6.07) is 0.135. The second-order valence-electron chi connectivity index (χ2n) is 15.8. The van der Waals surface area contributed by atoms with E-state index >= 15 is 0 Å². The molecular formula is C32H50N2O4. The van der Waals surface area contributed by atoms with Crippen LogP contribution in [0.15, 0.2) is 11.6 Å². The van der Waals surface area contributed by atoms with Crippen molar-refractivity contribution >= 4 is 17.6 Å². The van der Waals surface area contributed by atoms with E-state index in [0.717, 1.165) is 51.4 Å². The average Bonchev–Trinajstić information content (AvgIpc) is 2.82. The van der Waals surface area contributed by atoms with Crippen molar-refractivity contribution in [2.24, 2.45) is 50.2 Å². The van der Waals surface area contributed by atoms with Gasteiger partial charge in [-0.2, -0.15) is 0 Å². The number of hydroxylamine groups is 1. The standard InChI is InChI=1S/C32H50N2O4/c1-19(35)33-24-10-11-30(6)23(27(24,2)3)9-12-32(8)25(30)22(36)17-20-21-18-29(5,26(37)34-38)14-13-28(21,4)15-16-31(20,32)7/h17,21,23-25,38H,9-16,18H2,1-8H3,(H,33,35)(H,34,37)/t21?,23?,24-,25?,28+,29-,30-,31+,32+/m0/s1. The molecule has 212 valence electrons. The van der Waals surface area contributed by atoms with E-state index in [0.29, 0.717) is 12.3 Å². The Morgan fingerprint density at radius 1 is 0.921 bits per heavy atom. The number of fused-ring (bicyclic) bond motifs is 7. The molecule has 5 rings (SSSR count). The molecule has 0 aromatic rings. The van der Waals surface area contributed by atoms with Gasteiger partial charge in [0.05, 0.1) is 0 Å². The lowest BCUT2D eigenvalue weighted by Gasteiger charge is -2.70. The fourth-order valence-electron chi connectivity index (χ4n) is 11.0. The van der Waals surface area contributed by atoms with Gasteiger partial charge in [0.1, 0.15) is 0 Å².